The number of nitrogens with one attached hydrogen (secondary N) is 1. The molecule has 2 aromatic carbocycles. The number of likely N-dealkylation sites (tertiary alicyclic amines) is 1. The number of alkyl halides is 6. The molecule has 1 saturated heterocycles. The lowest BCUT2D eigenvalue weighted by molar-refractivity contribution is -0.143. The van der Waals surface area contributed by atoms with E-state index in [-0.39, 0.29) is 42.0 Å². The molecular weight excluding hydrogens is 554 g/mol. The topological polar surface area (TPSA) is 78.9 Å². The Labute approximate surface area is 233 Å². The van der Waals surface area contributed by atoms with E-state index in [2.05, 4.69) is 5.32 Å². The van der Waals surface area contributed by atoms with Crippen molar-refractivity contribution < 1.29 is 45.8 Å². The lowest BCUT2D eigenvalue weighted by Crippen LogP contribution is -2.49. The zero-order valence-electron chi connectivity index (χ0n) is 22.3. The highest BCUT2D eigenvalue weighted by atomic mass is 19.4. The summed E-state index contributed by atoms with van der Waals surface area (Å²) in [5.74, 6) is -0.645. The van der Waals surface area contributed by atoms with E-state index in [1.54, 1.807) is 4.90 Å². The van der Waals surface area contributed by atoms with Gasteiger partial charge in [0.05, 0.1) is 23.3 Å². The molecule has 0 aromatic heterocycles. The van der Waals surface area contributed by atoms with Gasteiger partial charge in [0.2, 0.25) is 5.91 Å². The van der Waals surface area contributed by atoms with Crippen LogP contribution in [0.3, 0.4) is 0 Å². The number of nitrogens with zero attached hydrogens (tertiary/aromatic N) is 1. The maximum atomic E-state index is 13.4. The average molecular weight is 587 g/mol. The first-order valence-corrected chi connectivity index (χ1v) is 13.5. The van der Waals surface area contributed by atoms with Gasteiger partial charge in [-0.25, -0.2) is 4.79 Å². The Balaban J connectivity index is 1.51. The smallest absolute Gasteiger partial charge is 0.416 e. The highest BCUT2D eigenvalue weighted by molar-refractivity contribution is 5.79. The number of amides is 2. The monoisotopic (exact) mass is 586 g/mol. The fourth-order valence-electron chi connectivity index (χ4n) is 5.79. The molecule has 6 nitrogen and oxygen atoms in total. The largest absolute Gasteiger partial charge is 0.465 e. The Morgan fingerprint density at radius 1 is 0.927 bits per heavy atom. The van der Waals surface area contributed by atoms with Crippen LogP contribution in [0.15, 0.2) is 48.5 Å². The third kappa shape index (κ3) is 7.72. The van der Waals surface area contributed by atoms with E-state index in [1.807, 2.05) is 30.3 Å². The van der Waals surface area contributed by atoms with Crippen LogP contribution in [0.1, 0.15) is 73.3 Å². The second-order valence-electron chi connectivity index (χ2n) is 10.7. The van der Waals surface area contributed by atoms with Crippen LogP contribution in [0.25, 0.3) is 0 Å². The molecule has 1 saturated carbocycles. The van der Waals surface area contributed by atoms with Gasteiger partial charge in [-0.05, 0) is 68.4 Å². The number of rotatable bonds is 6. The minimum Gasteiger partial charge on any atom is -0.465 e. The molecular formula is C29H32F6N2O4. The zero-order chi connectivity index (χ0) is 29.9. The molecule has 3 atom stereocenters. The van der Waals surface area contributed by atoms with E-state index in [0.717, 1.165) is 5.56 Å². The number of ether oxygens (including phenoxy) is 1. The van der Waals surface area contributed by atoms with Gasteiger partial charge in [-0.1, -0.05) is 30.3 Å². The van der Waals surface area contributed by atoms with Crippen LogP contribution in [0, 0.1) is 5.92 Å². The maximum absolute atomic E-state index is 13.4. The molecule has 41 heavy (non-hydrogen) atoms. The molecule has 2 N–H and O–H groups in total. The van der Waals surface area contributed by atoms with Gasteiger partial charge >= 0.3 is 18.4 Å². The van der Waals surface area contributed by atoms with E-state index in [0.29, 0.717) is 50.8 Å². The van der Waals surface area contributed by atoms with Gasteiger partial charge in [-0.15, -0.1) is 0 Å². The molecule has 2 fully saturated rings. The molecule has 1 aliphatic heterocycles. The number of carbonyl (C=O) groups is 2. The summed E-state index contributed by atoms with van der Waals surface area (Å²) in [5.41, 5.74) is -2.18. The summed E-state index contributed by atoms with van der Waals surface area (Å²) in [6.07, 6.45) is -10.1. The van der Waals surface area contributed by atoms with Crippen LogP contribution in [-0.2, 0) is 21.9 Å². The molecule has 2 aromatic rings. The molecule has 0 radical (unpaired) electrons. The normalized spacial score (nSPS) is 24.5. The molecule has 1 aliphatic carbocycles. The van der Waals surface area contributed by atoms with Crippen molar-refractivity contribution in [1.29, 1.82) is 0 Å². The first kappa shape index (κ1) is 30.7. The number of hydrogen-bond acceptors (Lipinski definition) is 3. The fraction of sp³-hybridized carbons (Fsp3) is 0.517. The van der Waals surface area contributed by atoms with Gasteiger partial charge in [0.1, 0.15) is 0 Å². The lowest BCUT2D eigenvalue weighted by Gasteiger charge is -2.41. The lowest BCUT2D eigenvalue weighted by atomic mass is 9.83. The minimum atomic E-state index is -4.96. The fourth-order valence-corrected chi connectivity index (χ4v) is 5.79. The quantitative estimate of drug-likeness (QED) is 0.357. The molecule has 224 valence electrons. The molecule has 12 heteroatoms. The third-order valence-corrected chi connectivity index (χ3v) is 7.95. The summed E-state index contributed by atoms with van der Waals surface area (Å²) in [7, 11) is 0. The highest BCUT2D eigenvalue weighted by Crippen LogP contribution is 2.40. The number of benzene rings is 2. The maximum Gasteiger partial charge on any atom is 0.416 e. The van der Waals surface area contributed by atoms with E-state index in [1.165, 1.54) is 6.92 Å². The molecule has 2 amide bonds. The summed E-state index contributed by atoms with van der Waals surface area (Å²) in [5, 5.41) is 11.4. The van der Waals surface area contributed by atoms with Crippen LogP contribution in [0.2, 0.25) is 0 Å². The number of carboxylic acid groups (broad SMARTS) is 1. The molecule has 4 rings (SSSR count). The van der Waals surface area contributed by atoms with Crippen LogP contribution in [0.5, 0.6) is 0 Å². The molecule has 3 unspecified atom stereocenters. The minimum absolute atomic E-state index is 0.0427. The molecule has 1 heterocycles. The summed E-state index contributed by atoms with van der Waals surface area (Å²) in [6.45, 7) is 2.03. The number of carbonyl (C=O) groups excluding carboxylic acids is 1. The van der Waals surface area contributed by atoms with Gasteiger partial charge in [0, 0.05) is 31.0 Å². The summed E-state index contributed by atoms with van der Waals surface area (Å²) in [6, 6.07) is 10.4. The second kappa shape index (κ2) is 12.3. The SMILES string of the molecule is CC(OC1CCN(C(=O)C2CCC(NC(=O)O)CC2)CC1c1ccccc1)c1cc(C(F)(F)F)cc(C(F)(F)F)c1. The van der Waals surface area contributed by atoms with E-state index in [9.17, 15) is 35.9 Å². The van der Waals surface area contributed by atoms with Gasteiger partial charge < -0.3 is 20.1 Å². The number of hydrogen-bond donors (Lipinski definition) is 2. The summed E-state index contributed by atoms with van der Waals surface area (Å²) < 4.78 is 86.7. The van der Waals surface area contributed by atoms with Crippen molar-refractivity contribution in [3.8, 4) is 0 Å². The standard InChI is InChI=1S/C29H32F6N2O4/c1-17(20-13-21(28(30,31)32)15-22(14-20)29(33,34)35)41-25-11-12-37(16-24(25)18-5-3-2-4-6-18)26(38)19-7-9-23(10-8-19)36-27(39)40/h2-6,13-15,17,19,23-25,36H,7-12,16H2,1H3,(H,39,40). The van der Waals surface area contributed by atoms with Gasteiger partial charge in [0.25, 0.3) is 0 Å². The van der Waals surface area contributed by atoms with Crippen molar-refractivity contribution in [2.24, 2.45) is 5.92 Å². The van der Waals surface area contributed by atoms with Gasteiger partial charge in [-0.2, -0.15) is 26.3 Å². The van der Waals surface area contributed by atoms with Crippen molar-refractivity contribution >= 4 is 12.0 Å². The predicted octanol–water partition coefficient (Wildman–Crippen LogP) is 7.01. The van der Waals surface area contributed by atoms with E-state index < -0.39 is 41.8 Å². The summed E-state index contributed by atoms with van der Waals surface area (Å²) >= 11 is 0. The van der Waals surface area contributed by atoms with Crippen molar-refractivity contribution in [3.63, 3.8) is 0 Å². The molecule has 0 bridgehead atoms. The van der Waals surface area contributed by atoms with E-state index >= 15 is 0 Å². The first-order chi connectivity index (χ1) is 19.2. The average Bonchev–Trinajstić information content (AvgIpc) is 2.92. The Morgan fingerprint density at radius 2 is 1.51 bits per heavy atom. The zero-order valence-corrected chi connectivity index (χ0v) is 22.3. The Kier molecular flexibility index (Phi) is 9.20. The Bertz CT molecular complexity index is 1180. The summed E-state index contributed by atoms with van der Waals surface area (Å²) in [4.78, 5) is 26.1. The molecule has 0 spiro atoms. The van der Waals surface area contributed by atoms with Crippen LogP contribution in [-0.4, -0.2) is 47.2 Å². The van der Waals surface area contributed by atoms with E-state index in [4.69, 9.17) is 9.84 Å². The van der Waals surface area contributed by atoms with Crippen molar-refractivity contribution in [2.45, 2.75) is 75.5 Å². The molecule has 2 aliphatic rings. The van der Waals surface area contributed by atoms with Gasteiger partial charge in [0.15, 0.2) is 0 Å². The Morgan fingerprint density at radius 3 is 2.05 bits per heavy atom. The van der Waals surface area contributed by atoms with Crippen LogP contribution < -0.4 is 5.32 Å². The number of piperidine rings is 1. The van der Waals surface area contributed by atoms with Crippen molar-refractivity contribution in [2.75, 3.05) is 13.1 Å². The highest BCUT2D eigenvalue weighted by Gasteiger charge is 2.40. The predicted molar refractivity (Wildman–Crippen MR) is 137 cm³/mol. The van der Waals surface area contributed by atoms with Crippen LogP contribution >= 0.6 is 0 Å². The van der Waals surface area contributed by atoms with Crippen molar-refractivity contribution in [1.82, 2.24) is 10.2 Å². The third-order valence-electron chi connectivity index (χ3n) is 7.95. The van der Waals surface area contributed by atoms with Gasteiger partial charge in [-0.3, -0.25) is 4.79 Å². The van der Waals surface area contributed by atoms with Crippen LogP contribution in [0.4, 0.5) is 31.1 Å². The van der Waals surface area contributed by atoms with Crippen molar-refractivity contribution in [3.05, 3.63) is 70.8 Å². The second-order valence-corrected chi connectivity index (χ2v) is 10.7. The Hall–Kier alpha value is -3.28. The first-order valence-electron chi connectivity index (χ1n) is 13.5. The number of halogens is 6.